The molecule has 0 radical (unpaired) electrons. The molecule has 0 aliphatic rings. The van der Waals surface area contributed by atoms with Gasteiger partial charge in [0.2, 0.25) is 0 Å². The van der Waals surface area contributed by atoms with Crippen molar-refractivity contribution in [1.29, 1.82) is 0 Å². The fraction of sp³-hybridized carbons (Fsp3) is 0.130. The van der Waals surface area contributed by atoms with E-state index in [1.165, 1.54) is 18.5 Å². The van der Waals surface area contributed by atoms with Gasteiger partial charge in [0.25, 0.3) is 6.01 Å². The number of methoxy groups -OCH3 is 1. The Hall–Kier alpha value is -4.81. The van der Waals surface area contributed by atoms with E-state index in [0.717, 1.165) is 11.6 Å². The van der Waals surface area contributed by atoms with Crippen LogP contribution < -0.4 is 20.5 Å². The Morgan fingerprint density at radius 2 is 1.86 bits per heavy atom. The van der Waals surface area contributed by atoms with Crippen LogP contribution in [0, 0.1) is 0 Å². The molecule has 4 aromatic rings. The van der Waals surface area contributed by atoms with Gasteiger partial charge in [-0.3, -0.25) is 4.98 Å². The zero-order valence-corrected chi connectivity index (χ0v) is 18.7. The highest BCUT2D eigenvalue weighted by molar-refractivity contribution is 5.98. The molecular formula is C23H19F3N6O4. The molecule has 4 rings (SSSR count). The number of benzene rings is 1. The van der Waals surface area contributed by atoms with Gasteiger partial charge in [0.05, 0.1) is 30.8 Å². The number of nitrogens with two attached hydrogens (primary N) is 1. The molecule has 0 atom stereocenters. The molecule has 186 valence electrons. The van der Waals surface area contributed by atoms with Gasteiger partial charge in [-0.25, -0.2) is 9.97 Å². The molecule has 36 heavy (non-hydrogen) atoms. The largest absolute Gasteiger partial charge is 0.497 e. The van der Waals surface area contributed by atoms with Gasteiger partial charge in [-0.1, -0.05) is 17.3 Å². The minimum absolute atomic E-state index is 0.0335. The van der Waals surface area contributed by atoms with Crippen molar-refractivity contribution in [3.8, 4) is 23.0 Å². The average molecular weight is 500 g/mol. The minimum atomic E-state index is -4.49. The molecular weight excluding hydrogens is 481 g/mol. The molecule has 0 unspecified atom stereocenters. The van der Waals surface area contributed by atoms with Crippen molar-refractivity contribution in [2.45, 2.75) is 12.8 Å². The lowest BCUT2D eigenvalue weighted by Gasteiger charge is -2.12. The summed E-state index contributed by atoms with van der Waals surface area (Å²) in [5.74, 6) is 0.810. The molecule has 0 spiro atoms. The highest BCUT2D eigenvalue weighted by atomic mass is 19.4. The molecule has 4 N–H and O–H groups in total. The number of anilines is 2. The molecule has 0 bridgehead atoms. The predicted octanol–water partition coefficient (Wildman–Crippen LogP) is 4.58. The number of rotatable bonds is 8. The predicted molar refractivity (Wildman–Crippen MR) is 122 cm³/mol. The van der Waals surface area contributed by atoms with E-state index in [1.807, 2.05) is 12.1 Å². The van der Waals surface area contributed by atoms with Gasteiger partial charge in [0.15, 0.2) is 23.0 Å². The Labute approximate surface area is 202 Å². The first kappa shape index (κ1) is 24.3. The van der Waals surface area contributed by atoms with Crippen LogP contribution in [-0.2, 0) is 12.8 Å². The first-order valence-electron chi connectivity index (χ1n) is 10.3. The molecule has 0 aliphatic carbocycles. The summed E-state index contributed by atoms with van der Waals surface area (Å²) < 4.78 is 54.8. The second kappa shape index (κ2) is 10.2. The van der Waals surface area contributed by atoms with Gasteiger partial charge < -0.3 is 30.1 Å². The van der Waals surface area contributed by atoms with E-state index in [1.54, 1.807) is 25.3 Å². The van der Waals surface area contributed by atoms with Crippen LogP contribution in [0.25, 0.3) is 11.5 Å². The second-order valence-electron chi connectivity index (χ2n) is 7.28. The topological polar surface area (TPSA) is 141 Å². The minimum Gasteiger partial charge on any atom is -0.497 e. The van der Waals surface area contributed by atoms with Crippen molar-refractivity contribution >= 4 is 17.5 Å². The van der Waals surface area contributed by atoms with Crippen molar-refractivity contribution in [3.05, 3.63) is 77.9 Å². The molecule has 1 aromatic carbocycles. The maximum atomic E-state index is 12.7. The van der Waals surface area contributed by atoms with E-state index in [2.05, 4.69) is 25.4 Å². The van der Waals surface area contributed by atoms with E-state index in [9.17, 15) is 13.2 Å². The van der Waals surface area contributed by atoms with E-state index >= 15 is 0 Å². The number of oxazole rings is 1. The summed E-state index contributed by atoms with van der Waals surface area (Å²) in [4.78, 5) is 12.0. The third-order valence-electron chi connectivity index (χ3n) is 4.86. The van der Waals surface area contributed by atoms with Gasteiger partial charge in [-0.2, -0.15) is 13.2 Å². The first-order chi connectivity index (χ1) is 17.3. The average Bonchev–Trinajstić information content (AvgIpc) is 3.35. The highest BCUT2D eigenvalue weighted by Gasteiger charge is 2.30. The van der Waals surface area contributed by atoms with Crippen LogP contribution >= 0.6 is 0 Å². The molecule has 0 saturated heterocycles. The van der Waals surface area contributed by atoms with Crippen molar-refractivity contribution in [2.75, 3.05) is 12.4 Å². The zero-order valence-electron chi connectivity index (χ0n) is 18.7. The van der Waals surface area contributed by atoms with Crippen molar-refractivity contribution < 1.29 is 32.3 Å². The number of oxime groups is 1. The third kappa shape index (κ3) is 5.63. The Morgan fingerprint density at radius 1 is 1.08 bits per heavy atom. The lowest BCUT2D eigenvalue weighted by Crippen LogP contribution is -2.17. The number of hydrogen-bond donors (Lipinski definition) is 3. The number of nitrogens with one attached hydrogen (secondary N) is 1. The summed E-state index contributed by atoms with van der Waals surface area (Å²) in [6.07, 6.45) is -1.08. The summed E-state index contributed by atoms with van der Waals surface area (Å²) in [6.45, 7) is 0.156. The molecule has 3 aromatic heterocycles. The summed E-state index contributed by atoms with van der Waals surface area (Å²) in [7, 11) is 1.57. The van der Waals surface area contributed by atoms with Crippen molar-refractivity contribution in [1.82, 2.24) is 15.0 Å². The van der Waals surface area contributed by atoms with Crippen LogP contribution in [0.1, 0.15) is 16.8 Å². The fourth-order valence-corrected chi connectivity index (χ4v) is 3.03. The molecule has 13 heteroatoms. The number of alkyl halides is 3. The normalized spacial score (nSPS) is 11.8. The van der Waals surface area contributed by atoms with Gasteiger partial charge in [0.1, 0.15) is 18.1 Å². The lowest BCUT2D eigenvalue weighted by atomic mass is 10.2. The SMILES string of the molecule is COc1ccc(COc2cc(Nc3ncc(-c4ccc(C(F)(F)F)cn4)o3)cnc2/C(N)=N/O)cc1. The monoisotopic (exact) mass is 500 g/mol. The molecule has 0 amide bonds. The van der Waals surface area contributed by atoms with Gasteiger partial charge in [-0.05, 0) is 29.8 Å². The van der Waals surface area contributed by atoms with E-state index in [0.29, 0.717) is 17.6 Å². The quantitative estimate of drug-likeness (QED) is 0.137. The third-order valence-corrected chi connectivity index (χ3v) is 4.86. The Balaban J connectivity index is 1.51. The van der Waals surface area contributed by atoms with Gasteiger partial charge >= 0.3 is 6.18 Å². The second-order valence-corrected chi connectivity index (χ2v) is 7.28. The highest BCUT2D eigenvalue weighted by Crippen LogP contribution is 2.31. The number of nitrogens with zero attached hydrogens (tertiary/aromatic N) is 4. The van der Waals surface area contributed by atoms with Crippen LogP contribution in [-0.4, -0.2) is 33.1 Å². The van der Waals surface area contributed by atoms with Crippen LogP contribution in [0.3, 0.4) is 0 Å². The van der Waals surface area contributed by atoms with E-state index in [-0.39, 0.29) is 41.4 Å². The molecule has 3 heterocycles. The van der Waals surface area contributed by atoms with Gasteiger partial charge in [-0.15, -0.1) is 0 Å². The van der Waals surface area contributed by atoms with Crippen LogP contribution in [0.5, 0.6) is 11.5 Å². The lowest BCUT2D eigenvalue weighted by molar-refractivity contribution is -0.137. The smallest absolute Gasteiger partial charge is 0.417 e. The van der Waals surface area contributed by atoms with E-state index in [4.69, 9.17) is 24.8 Å². The van der Waals surface area contributed by atoms with Crippen molar-refractivity contribution in [3.63, 3.8) is 0 Å². The molecule has 0 fully saturated rings. The number of pyridine rings is 2. The summed E-state index contributed by atoms with van der Waals surface area (Å²) in [5, 5.41) is 14.9. The van der Waals surface area contributed by atoms with Gasteiger partial charge in [0, 0.05) is 12.3 Å². The number of ether oxygens (including phenoxy) is 2. The maximum absolute atomic E-state index is 12.7. The van der Waals surface area contributed by atoms with Crippen LogP contribution in [0.15, 0.2) is 70.6 Å². The maximum Gasteiger partial charge on any atom is 0.417 e. The first-order valence-corrected chi connectivity index (χ1v) is 10.3. The standard InChI is InChI=1S/C23H19F3N6O4/c1-34-16-5-2-13(3-6-16)12-35-18-8-15(10-29-20(18)21(27)32-33)31-22-30-11-19(36-22)17-7-4-14(9-28-17)23(24,25)26/h2-11,33H,12H2,1H3,(H2,27,32)(H,30,31). The Bertz CT molecular complexity index is 1360. The number of amidine groups is 1. The van der Waals surface area contributed by atoms with Crippen molar-refractivity contribution in [2.24, 2.45) is 10.9 Å². The zero-order chi connectivity index (χ0) is 25.7. The number of halogens is 3. The summed E-state index contributed by atoms with van der Waals surface area (Å²) >= 11 is 0. The fourth-order valence-electron chi connectivity index (χ4n) is 3.03. The number of hydrogen-bond acceptors (Lipinski definition) is 9. The summed E-state index contributed by atoms with van der Waals surface area (Å²) in [5.41, 5.74) is 6.36. The molecule has 0 saturated carbocycles. The Morgan fingerprint density at radius 3 is 2.50 bits per heavy atom. The van der Waals surface area contributed by atoms with Crippen LogP contribution in [0.2, 0.25) is 0 Å². The number of aromatic nitrogens is 3. The Kier molecular flexibility index (Phi) is 6.90. The summed E-state index contributed by atoms with van der Waals surface area (Å²) in [6, 6.07) is 10.9. The van der Waals surface area contributed by atoms with Crippen LogP contribution in [0.4, 0.5) is 24.9 Å². The van der Waals surface area contributed by atoms with E-state index < -0.39 is 11.7 Å². The molecule has 10 nitrogen and oxygen atoms in total. The molecule has 0 aliphatic heterocycles.